The van der Waals surface area contributed by atoms with E-state index in [1.165, 1.54) is 0 Å². The summed E-state index contributed by atoms with van der Waals surface area (Å²) >= 11 is 0. The molecule has 15 heavy (non-hydrogen) atoms. The highest BCUT2D eigenvalue weighted by Gasteiger charge is 2.09. The molecule has 0 fully saturated rings. The maximum Gasteiger partial charge on any atom is 0.0991 e. The average molecular weight is 313 g/mol. The van der Waals surface area contributed by atoms with Crippen molar-refractivity contribution in [3.8, 4) is 6.07 Å². The fraction of sp³-hybridized carbons (Fsp3) is 0.182. The lowest BCUT2D eigenvalue weighted by Crippen LogP contribution is -2.21. The second-order valence-electron chi connectivity index (χ2n) is 3.33. The second-order valence-corrected chi connectivity index (χ2v) is 3.33. The molecular formula is C11H12IN3. The Balaban J connectivity index is 0.00000112. The van der Waals surface area contributed by atoms with E-state index >= 15 is 0 Å². The van der Waals surface area contributed by atoms with Gasteiger partial charge in [0.1, 0.15) is 0 Å². The molecule has 0 saturated heterocycles. The molecule has 0 atom stereocenters. The van der Waals surface area contributed by atoms with Crippen LogP contribution in [0.2, 0.25) is 0 Å². The first-order valence-electron chi connectivity index (χ1n) is 4.45. The standard InChI is InChI=1S/C11H11N3.HI/c1-13-6-7-14(9-13)11-4-2-10(8-12)3-5-11;/h2-7H,9H2,1H3;1H. The minimum Gasteiger partial charge on any atom is -0.361 e. The van der Waals surface area contributed by atoms with Gasteiger partial charge in [0.05, 0.1) is 18.3 Å². The molecule has 0 aromatic heterocycles. The minimum atomic E-state index is 0. The van der Waals surface area contributed by atoms with Gasteiger partial charge in [-0.1, -0.05) is 0 Å². The predicted molar refractivity (Wildman–Crippen MR) is 70.8 cm³/mol. The number of hydrogen-bond donors (Lipinski definition) is 0. The highest BCUT2D eigenvalue weighted by molar-refractivity contribution is 14.0. The van der Waals surface area contributed by atoms with Crippen LogP contribution in [0, 0.1) is 11.3 Å². The zero-order chi connectivity index (χ0) is 9.97. The first kappa shape index (κ1) is 11.9. The van der Waals surface area contributed by atoms with Crippen molar-refractivity contribution in [2.45, 2.75) is 0 Å². The third-order valence-electron chi connectivity index (χ3n) is 2.20. The number of benzene rings is 1. The Hall–Kier alpha value is -1.22. The van der Waals surface area contributed by atoms with E-state index in [4.69, 9.17) is 5.26 Å². The Labute approximate surface area is 107 Å². The molecule has 1 heterocycles. The highest BCUT2D eigenvalue weighted by Crippen LogP contribution is 2.18. The van der Waals surface area contributed by atoms with E-state index in [0.717, 1.165) is 12.4 Å². The Morgan fingerprint density at radius 2 is 1.87 bits per heavy atom. The van der Waals surface area contributed by atoms with Gasteiger partial charge in [0, 0.05) is 25.1 Å². The fourth-order valence-electron chi connectivity index (χ4n) is 1.42. The zero-order valence-corrected chi connectivity index (χ0v) is 10.8. The summed E-state index contributed by atoms with van der Waals surface area (Å²) in [6, 6.07) is 9.70. The molecule has 0 saturated carbocycles. The van der Waals surface area contributed by atoms with Gasteiger partial charge in [-0.3, -0.25) is 0 Å². The van der Waals surface area contributed by atoms with Crippen LogP contribution in [0.25, 0.3) is 0 Å². The average Bonchev–Trinajstić information content (AvgIpc) is 2.65. The molecule has 0 amide bonds. The summed E-state index contributed by atoms with van der Waals surface area (Å²) in [5.74, 6) is 0. The van der Waals surface area contributed by atoms with Crippen molar-refractivity contribution in [1.82, 2.24) is 4.90 Å². The molecule has 0 unspecified atom stereocenters. The summed E-state index contributed by atoms with van der Waals surface area (Å²) in [4.78, 5) is 4.22. The summed E-state index contributed by atoms with van der Waals surface area (Å²) in [5.41, 5.74) is 1.81. The summed E-state index contributed by atoms with van der Waals surface area (Å²) < 4.78 is 0. The van der Waals surface area contributed by atoms with E-state index in [1.54, 1.807) is 0 Å². The first-order chi connectivity index (χ1) is 6.79. The van der Waals surface area contributed by atoms with Crippen LogP contribution in [0.4, 0.5) is 5.69 Å². The molecule has 1 aromatic carbocycles. The summed E-state index contributed by atoms with van der Waals surface area (Å²) in [6.45, 7) is 0.867. The van der Waals surface area contributed by atoms with Gasteiger partial charge in [-0.25, -0.2) is 0 Å². The highest BCUT2D eigenvalue weighted by atomic mass is 127. The van der Waals surface area contributed by atoms with Crippen LogP contribution in [-0.2, 0) is 0 Å². The van der Waals surface area contributed by atoms with Crippen molar-refractivity contribution in [3.05, 3.63) is 42.2 Å². The third kappa shape index (κ3) is 2.63. The number of nitriles is 1. The van der Waals surface area contributed by atoms with Gasteiger partial charge in [0.15, 0.2) is 0 Å². The lowest BCUT2D eigenvalue weighted by molar-refractivity contribution is 0.496. The van der Waals surface area contributed by atoms with Gasteiger partial charge >= 0.3 is 0 Å². The Bertz CT molecular complexity index is 391. The largest absolute Gasteiger partial charge is 0.361 e. The van der Waals surface area contributed by atoms with E-state index in [1.807, 2.05) is 43.7 Å². The van der Waals surface area contributed by atoms with Crippen LogP contribution in [0.3, 0.4) is 0 Å². The normalized spacial score (nSPS) is 13.6. The molecule has 0 radical (unpaired) electrons. The van der Waals surface area contributed by atoms with Crippen LogP contribution in [0.15, 0.2) is 36.7 Å². The SMILES string of the molecule is CN1C=CN(c2ccc(C#N)cc2)C1.I. The molecule has 78 valence electrons. The van der Waals surface area contributed by atoms with E-state index in [9.17, 15) is 0 Å². The fourth-order valence-corrected chi connectivity index (χ4v) is 1.42. The Kier molecular flexibility index (Phi) is 3.97. The Morgan fingerprint density at radius 3 is 2.33 bits per heavy atom. The summed E-state index contributed by atoms with van der Waals surface area (Å²) in [7, 11) is 2.03. The van der Waals surface area contributed by atoms with E-state index in [0.29, 0.717) is 5.56 Å². The van der Waals surface area contributed by atoms with Crippen LogP contribution in [-0.4, -0.2) is 18.6 Å². The molecular weight excluding hydrogens is 301 g/mol. The number of nitrogens with zero attached hydrogens (tertiary/aromatic N) is 3. The molecule has 2 rings (SSSR count). The smallest absolute Gasteiger partial charge is 0.0991 e. The van der Waals surface area contributed by atoms with Crippen molar-refractivity contribution in [1.29, 1.82) is 5.26 Å². The topological polar surface area (TPSA) is 30.3 Å². The number of anilines is 1. The van der Waals surface area contributed by atoms with Gasteiger partial charge in [-0.2, -0.15) is 5.26 Å². The maximum absolute atomic E-state index is 8.65. The van der Waals surface area contributed by atoms with Crippen molar-refractivity contribution in [2.75, 3.05) is 18.6 Å². The lowest BCUT2D eigenvalue weighted by atomic mass is 10.2. The van der Waals surface area contributed by atoms with E-state index in [2.05, 4.69) is 15.9 Å². The molecule has 1 aromatic rings. The quantitative estimate of drug-likeness (QED) is 0.746. The summed E-state index contributed by atoms with van der Waals surface area (Å²) in [6.07, 6.45) is 4.06. The Morgan fingerprint density at radius 1 is 1.20 bits per heavy atom. The lowest BCUT2D eigenvalue weighted by Gasteiger charge is -2.17. The van der Waals surface area contributed by atoms with Crippen molar-refractivity contribution in [3.63, 3.8) is 0 Å². The van der Waals surface area contributed by atoms with Crippen LogP contribution in [0.1, 0.15) is 5.56 Å². The molecule has 0 aliphatic carbocycles. The number of rotatable bonds is 1. The van der Waals surface area contributed by atoms with Gasteiger partial charge < -0.3 is 9.80 Å². The van der Waals surface area contributed by atoms with Crippen molar-refractivity contribution < 1.29 is 0 Å². The van der Waals surface area contributed by atoms with E-state index in [-0.39, 0.29) is 24.0 Å². The van der Waals surface area contributed by atoms with Gasteiger partial charge in [-0.05, 0) is 24.3 Å². The van der Waals surface area contributed by atoms with Gasteiger partial charge in [0.25, 0.3) is 0 Å². The molecule has 0 bridgehead atoms. The predicted octanol–water partition coefficient (Wildman–Crippen LogP) is 2.36. The van der Waals surface area contributed by atoms with Gasteiger partial charge in [0.2, 0.25) is 0 Å². The number of hydrogen-bond acceptors (Lipinski definition) is 3. The van der Waals surface area contributed by atoms with Crippen LogP contribution in [0.5, 0.6) is 0 Å². The molecule has 1 aliphatic heterocycles. The zero-order valence-electron chi connectivity index (χ0n) is 8.42. The van der Waals surface area contributed by atoms with Gasteiger partial charge in [-0.15, -0.1) is 24.0 Å². The molecule has 4 heteroatoms. The van der Waals surface area contributed by atoms with Crippen LogP contribution >= 0.6 is 24.0 Å². The third-order valence-corrected chi connectivity index (χ3v) is 2.20. The minimum absolute atomic E-state index is 0. The first-order valence-corrected chi connectivity index (χ1v) is 4.45. The van der Waals surface area contributed by atoms with E-state index < -0.39 is 0 Å². The molecule has 0 spiro atoms. The number of halogens is 1. The molecule has 3 nitrogen and oxygen atoms in total. The van der Waals surface area contributed by atoms with Crippen LogP contribution < -0.4 is 4.90 Å². The second kappa shape index (κ2) is 5.03. The summed E-state index contributed by atoms with van der Waals surface area (Å²) in [5, 5.41) is 8.65. The van der Waals surface area contributed by atoms with Crippen molar-refractivity contribution in [2.24, 2.45) is 0 Å². The monoisotopic (exact) mass is 313 g/mol. The van der Waals surface area contributed by atoms with Crippen molar-refractivity contribution >= 4 is 29.7 Å². The molecule has 0 N–H and O–H groups in total. The molecule has 1 aliphatic rings. The maximum atomic E-state index is 8.65.